The molecule has 58 heavy (non-hydrogen) atoms. The zero-order valence-corrected chi connectivity index (χ0v) is 37.0. The molecule has 9 nitrogen and oxygen atoms in total. The molecular formula is C48H61ClN4O5. The highest BCUT2D eigenvalue weighted by Crippen LogP contribution is 2.44. The van der Waals surface area contributed by atoms with Crippen LogP contribution in [0.4, 0.5) is 11.4 Å². The number of aromatic amines is 1. The summed E-state index contributed by atoms with van der Waals surface area (Å²) in [6, 6.07) is 24.8. The van der Waals surface area contributed by atoms with Crippen molar-refractivity contribution in [3.63, 3.8) is 0 Å². The van der Waals surface area contributed by atoms with Crippen LogP contribution in [0, 0.1) is 27.7 Å². The molecule has 0 saturated heterocycles. The lowest BCUT2D eigenvalue weighted by atomic mass is 9.93. The number of anilines is 2. The molecule has 0 saturated carbocycles. The molecule has 3 N–H and O–H groups in total. The number of rotatable bonds is 8. The van der Waals surface area contributed by atoms with Crippen molar-refractivity contribution in [3.8, 4) is 11.5 Å². The van der Waals surface area contributed by atoms with Gasteiger partial charge < -0.3 is 29.8 Å². The van der Waals surface area contributed by atoms with Crippen LogP contribution in [0.1, 0.15) is 95.6 Å². The number of fused-ring (bicyclic) bond motifs is 4. The van der Waals surface area contributed by atoms with Gasteiger partial charge in [0.05, 0.1) is 17.6 Å². The van der Waals surface area contributed by atoms with Crippen LogP contribution in [0.2, 0.25) is 0 Å². The number of nitrogens with zero attached hydrogens (tertiary/aromatic N) is 2. The summed E-state index contributed by atoms with van der Waals surface area (Å²) >= 11 is 4.64. The van der Waals surface area contributed by atoms with Crippen LogP contribution >= 0.6 is 11.6 Å². The first-order valence-electron chi connectivity index (χ1n) is 19.6. The van der Waals surface area contributed by atoms with Crippen molar-refractivity contribution in [2.45, 2.75) is 80.3 Å². The van der Waals surface area contributed by atoms with Crippen molar-refractivity contribution in [1.29, 1.82) is 0 Å². The van der Waals surface area contributed by atoms with E-state index in [2.05, 4.69) is 97.7 Å². The number of phenols is 1. The highest BCUT2D eigenvalue weighted by atomic mass is 35.5. The summed E-state index contributed by atoms with van der Waals surface area (Å²) in [4.78, 5) is 32.7. The van der Waals surface area contributed by atoms with Gasteiger partial charge >= 0.3 is 0 Å². The van der Waals surface area contributed by atoms with Crippen molar-refractivity contribution in [2.24, 2.45) is 0 Å². The van der Waals surface area contributed by atoms with Gasteiger partial charge in [-0.1, -0.05) is 57.2 Å². The predicted octanol–water partition coefficient (Wildman–Crippen LogP) is 11.7. The monoisotopic (exact) mass is 808 g/mol. The minimum absolute atomic E-state index is 0.252. The molecule has 7 rings (SSSR count). The molecule has 0 bridgehead atoms. The number of pyridine rings is 1. The minimum Gasteiger partial charge on any atom is -0.507 e. The fourth-order valence-corrected chi connectivity index (χ4v) is 6.73. The van der Waals surface area contributed by atoms with E-state index in [0.29, 0.717) is 46.6 Å². The first kappa shape index (κ1) is 47.0. The Hall–Kier alpha value is -5.38. The zero-order chi connectivity index (χ0) is 43.2. The van der Waals surface area contributed by atoms with E-state index in [9.17, 15) is 14.7 Å². The number of halogens is 1. The number of aryl methyl sites for hydroxylation is 3. The molecule has 1 atom stereocenters. The molecule has 4 aromatic carbocycles. The zero-order valence-electron chi connectivity index (χ0n) is 36.2. The van der Waals surface area contributed by atoms with E-state index in [1.165, 1.54) is 45.3 Å². The SMILES string of the molecule is CC.CCl.COCCC(C)(C)Oc1ccc(C(=O)Nc2cnc3[nH]c(C=O)cc3c2)cc1.Cc1cccc(C)c1C.Cc1cccc2c(O)cc3c(c12)C(C)CN3C. The maximum absolute atomic E-state index is 12.5. The molecule has 10 heteroatoms. The lowest BCUT2D eigenvalue weighted by molar-refractivity contribution is 0.0630. The second kappa shape index (κ2) is 22.0. The third-order valence-corrected chi connectivity index (χ3v) is 9.99. The van der Waals surface area contributed by atoms with E-state index >= 15 is 0 Å². The number of alkyl halides is 1. The fraction of sp³-hybridized carbons (Fsp3) is 0.354. The minimum atomic E-state index is -0.363. The van der Waals surface area contributed by atoms with Crippen LogP contribution in [-0.4, -0.2) is 66.6 Å². The number of likely N-dealkylation sites (N-methyl/N-ethyl adjacent to an activating group) is 1. The number of carbonyl (C=O) groups excluding carboxylic acids is 2. The maximum atomic E-state index is 12.5. The second-order valence-corrected chi connectivity index (χ2v) is 14.7. The third kappa shape index (κ3) is 12.1. The molecule has 0 spiro atoms. The van der Waals surface area contributed by atoms with Crippen molar-refractivity contribution in [3.05, 3.63) is 124 Å². The van der Waals surface area contributed by atoms with Gasteiger partial charge in [0.15, 0.2) is 6.29 Å². The van der Waals surface area contributed by atoms with Crippen LogP contribution in [-0.2, 0) is 4.74 Å². The number of methoxy groups -OCH3 is 1. The highest BCUT2D eigenvalue weighted by Gasteiger charge is 2.27. The number of nitrogens with one attached hydrogen (secondary N) is 2. The number of phenolic OH excluding ortho intramolecular Hbond substituents is 1. The first-order chi connectivity index (χ1) is 27.7. The number of aromatic nitrogens is 2. The summed E-state index contributed by atoms with van der Waals surface area (Å²) in [5.41, 5.74) is 9.72. The quantitative estimate of drug-likeness (QED) is 0.104. The van der Waals surface area contributed by atoms with Crippen LogP contribution in [0.15, 0.2) is 85.1 Å². The van der Waals surface area contributed by atoms with Gasteiger partial charge in [-0.05, 0) is 111 Å². The Kier molecular flexibility index (Phi) is 17.8. The Morgan fingerprint density at radius 3 is 2.21 bits per heavy atom. The lowest BCUT2D eigenvalue weighted by Gasteiger charge is -2.26. The summed E-state index contributed by atoms with van der Waals surface area (Å²) in [7, 11) is 3.75. The number of amides is 1. The van der Waals surface area contributed by atoms with Crippen molar-refractivity contribution >= 4 is 57.0 Å². The molecule has 310 valence electrons. The van der Waals surface area contributed by atoms with Crippen LogP contribution < -0.4 is 15.0 Å². The number of hydrogen-bond acceptors (Lipinski definition) is 7. The molecule has 1 unspecified atom stereocenters. The van der Waals surface area contributed by atoms with Crippen molar-refractivity contribution in [2.75, 3.05) is 43.9 Å². The first-order valence-corrected chi connectivity index (χ1v) is 20.4. The molecule has 1 amide bonds. The predicted molar refractivity (Wildman–Crippen MR) is 243 cm³/mol. The van der Waals surface area contributed by atoms with Gasteiger partial charge in [0.1, 0.15) is 22.7 Å². The number of hydrogen-bond donors (Lipinski definition) is 3. The summed E-state index contributed by atoms with van der Waals surface area (Å²) in [6.45, 7) is 20.4. The summed E-state index contributed by atoms with van der Waals surface area (Å²) in [6.07, 6.45) is 4.49. The largest absolute Gasteiger partial charge is 0.507 e. The summed E-state index contributed by atoms with van der Waals surface area (Å²) in [5, 5.41) is 15.9. The van der Waals surface area contributed by atoms with E-state index < -0.39 is 0 Å². The third-order valence-electron chi connectivity index (χ3n) is 9.99. The smallest absolute Gasteiger partial charge is 0.255 e. The second-order valence-electron chi connectivity index (χ2n) is 14.7. The molecule has 0 fully saturated rings. The van der Waals surface area contributed by atoms with Crippen molar-refractivity contribution < 1.29 is 24.2 Å². The van der Waals surface area contributed by atoms with E-state index in [1.54, 1.807) is 49.7 Å². The van der Waals surface area contributed by atoms with E-state index in [0.717, 1.165) is 30.0 Å². The Morgan fingerprint density at radius 1 is 0.983 bits per heavy atom. The molecule has 3 heterocycles. The van der Waals surface area contributed by atoms with Crippen LogP contribution in [0.3, 0.4) is 0 Å². The van der Waals surface area contributed by atoms with Crippen molar-refractivity contribution in [1.82, 2.24) is 9.97 Å². The van der Waals surface area contributed by atoms with Gasteiger partial charge in [-0.15, -0.1) is 11.6 Å². The number of aldehydes is 1. The van der Waals surface area contributed by atoms with E-state index in [4.69, 9.17) is 9.47 Å². The topological polar surface area (TPSA) is 117 Å². The molecule has 1 aliphatic heterocycles. The van der Waals surface area contributed by atoms with E-state index in [-0.39, 0.29) is 11.5 Å². The van der Waals surface area contributed by atoms with Crippen LogP contribution in [0.25, 0.3) is 21.8 Å². The van der Waals surface area contributed by atoms with Gasteiger partial charge in [-0.3, -0.25) is 9.59 Å². The molecule has 1 aliphatic rings. The van der Waals surface area contributed by atoms with Gasteiger partial charge in [-0.2, -0.15) is 0 Å². The number of benzene rings is 4. The standard InChI is InChI=1S/C21H23N3O4.C15H17NO.C9H12.C2H6.CH3Cl/c1-21(2,8-9-27-3)28-18-6-4-14(5-7-18)20(26)24-16-10-15-11-17(13-25)23-19(15)22-12-16;1-9-5-4-6-11-13(17)7-12-15(14(9)11)10(2)8-16(12)3;1-7-5-4-6-8(2)9(7)3;2*1-2/h4-7,10-13H,8-9H2,1-3H3,(H,22,23)(H,24,26);4-7,10,17H,8H2,1-3H3;4-6H,1-3H3;1-2H3;1H3. The lowest BCUT2D eigenvalue weighted by Crippen LogP contribution is -2.29. The Balaban J connectivity index is 0.000000252. The van der Waals surface area contributed by atoms with Gasteiger partial charge in [0.2, 0.25) is 0 Å². The molecule has 0 aliphatic carbocycles. The average molecular weight is 809 g/mol. The highest BCUT2D eigenvalue weighted by molar-refractivity contribution is 6.15. The molecule has 2 aromatic heterocycles. The average Bonchev–Trinajstić information content (AvgIpc) is 3.76. The summed E-state index contributed by atoms with van der Waals surface area (Å²) < 4.78 is 11.1. The molecule has 6 aromatic rings. The van der Waals surface area contributed by atoms with E-state index in [1.807, 2.05) is 45.9 Å². The maximum Gasteiger partial charge on any atom is 0.255 e. The summed E-state index contributed by atoms with van der Waals surface area (Å²) in [5.74, 6) is 1.36. The molecule has 0 radical (unpaired) electrons. The number of ether oxygens (including phenoxy) is 2. The Bertz CT molecular complexity index is 2250. The number of H-pyrrole nitrogens is 1. The fourth-order valence-electron chi connectivity index (χ4n) is 6.73. The Morgan fingerprint density at radius 2 is 1.60 bits per heavy atom. The Labute approximate surface area is 349 Å². The normalized spacial score (nSPS) is 12.7. The van der Waals surface area contributed by atoms with Gasteiger partial charge in [-0.25, -0.2) is 4.98 Å². The molecular weight excluding hydrogens is 748 g/mol. The van der Waals surface area contributed by atoms with Crippen LogP contribution in [0.5, 0.6) is 11.5 Å². The van der Waals surface area contributed by atoms with Gasteiger partial charge in [0, 0.05) is 74.1 Å². The number of carbonyl (C=O) groups is 2. The van der Waals surface area contributed by atoms with Gasteiger partial charge in [0.25, 0.3) is 5.91 Å². The number of aromatic hydroxyl groups is 1.